The number of methoxy groups -OCH3 is 2. The van der Waals surface area contributed by atoms with Crippen molar-refractivity contribution in [3.05, 3.63) is 35.4 Å². The van der Waals surface area contributed by atoms with Crippen LogP contribution in [-0.2, 0) is 5.41 Å². The van der Waals surface area contributed by atoms with E-state index in [0.29, 0.717) is 29.9 Å². The van der Waals surface area contributed by atoms with Gasteiger partial charge in [0.05, 0.1) is 14.2 Å². The highest BCUT2D eigenvalue weighted by Crippen LogP contribution is 2.51. The molecule has 0 radical (unpaired) electrons. The molecule has 1 aromatic rings. The summed E-state index contributed by atoms with van der Waals surface area (Å²) in [5.74, 6) is 1.40. The summed E-state index contributed by atoms with van der Waals surface area (Å²) in [5, 5.41) is 0. The maximum Gasteiger partial charge on any atom is 0.269 e. The lowest BCUT2D eigenvalue weighted by Crippen LogP contribution is -2.44. The van der Waals surface area contributed by atoms with Gasteiger partial charge in [0.2, 0.25) is 0 Å². The fraction of sp³-hybridized carbons (Fsp3) is 0.556. The van der Waals surface area contributed by atoms with Crippen molar-refractivity contribution in [2.45, 2.75) is 37.1 Å². The van der Waals surface area contributed by atoms with Crippen molar-refractivity contribution in [3.63, 3.8) is 0 Å². The Balaban J connectivity index is 2.02. The number of hydrogen-bond acceptors (Lipinski definition) is 3. The first-order chi connectivity index (χ1) is 11.0. The highest BCUT2D eigenvalue weighted by Gasteiger charge is 2.50. The summed E-state index contributed by atoms with van der Waals surface area (Å²) < 4.78 is 36.9. The summed E-state index contributed by atoms with van der Waals surface area (Å²) in [6.07, 6.45) is 1.18. The smallest absolute Gasteiger partial charge is 0.269 e. The van der Waals surface area contributed by atoms with E-state index in [4.69, 9.17) is 9.47 Å². The number of likely N-dealkylation sites (tertiary alicyclic amines) is 1. The van der Waals surface area contributed by atoms with Crippen LogP contribution in [0.3, 0.4) is 0 Å². The van der Waals surface area contributed by atoms with Crippen LogP contribution in [0.15, 0.2) is 29.9 Å². The molecule has 5 heteroatoms. The molecule has 1 aliphatic carbocycles. The van der Waals surface area contributed by atoms with E-state index in [1.165, 1.54) is 5.56 Å². The first kappa shape index (κ1) is 16.2. The molecule has 2 fully saturated rings. The molecule has 1 heterocycles. The second-order valence-corrected chi connectivity index (χ2v) is 6.54. The number of rotatable bonds is 3. The summed E-state index contributed by atoms with van der Waals surface area (Å²) in [4.78, 5) is 2.22. The SMILES string of the molecule is COc1ccc([C@@]23CCC(=C(F)F)C[C@@H]2N(C)CC3)cc1OC. The largest absolute Gasteiger partial charge is 0.493 e. The van der Waals surface area contributed by atoms with E-state index in [1.807, 2.05) is 19.2 Å². The molecule has 0 bridgehead atoms. The van der Waals surface area contributed by atoms with Crippen molar-refractivity contribution >= 4 is 0 Å². The molecule has 3 nitrogen and oxygen atoms in total. The molecule has 23 heavy (non-hydrogen) atoms. The molecular weight excluding hydrogens is 300 g/mol. The molecule has 1 saturated heterocycles. The Morgan fingerprint density at radius 2 is 1.91 bits per heavy atom. The lowest BCUT2D eigenvalue weighted by atomic mass is 9.65. The van der Waals surface area contributed by atoms with Crippen molar-refractivity contribution in [1.29, 1.82) is 0 Å². The van der Waals surface area contributed by atoms with Gasteiger partial charge in [0.25, 0.3) is 6.08 Å². The van der Waals surface area contributed by atoms with Gasteiger partial charge in [-0.1, -0.05) is 6.07 Å². The predicted molar refractivity (Wildman–Crippen MR) is 85.4 cm³/mol. The molecule has 0 aromatic heterocycles. The number of hydrogen-bond donors (Lipinski definition) is 0. The zero-order valence-electron chi connectivity index (χ0n) is 13.9. The number of nitrogens with zero attached hydrogens (tertiary/aromatic N) is 1. The van der Waals surface area contributed by atoms with Crippen LogP contribution in [0.25, 0.3) is 0 Å². The van der Waals surface area contributed by atoms with Gasteiger partial charge < -0.3 is 14.4 Å². The van der Waals surface area contributed by atoms with E-state index in [0.717, 1.165) is 19.4 Å². The van der Waals surface area contributed by atoms with Gasteiger partial charge in [-0.3, -0.25) is 0 Å². The first-order valence-corrected chi connectivity index (χ1v) is 7.97. The van der Waals surface area contributed by atoms with Gasteiger partial charge in [-0.15, -0.1) is 0 Å². The average Bonchev–Trinajstić information content (AvgIpc) is 2.91. The minimum absolute atomic E-state index is 0.0761. The summed E-state index contributed by atoms with van der Waals surface area (Å²) in [6.45, 7) is 0.931. The summed E-state index contributed by atoms with van der Waals surface area (Å²) in [7, 11) is 5.27. The highest BCUT2D eigenvalue weighted by molar-refractivity contribution is 5.47. The Labute approximate surface area is 135 Å². The topological polar surface area (TPSA) is 21.7 Å². The van der Waals surface area contributed by atoms with Gasteiger partial charge >= 0.3 is 0 Å². The van der Waals surface area contributed by atoms with Crippen LogP contribution in [0.5, 0.6) is 11.5 Å². The Morgan fingerprint density at radius 1 is 1.17 bits per heavy atom. The fourth-order valence-electron chi connectivity index (χ4n) is 4.27. The summed E-state index contributed by atoms with van der Waals surface area (Å²) >= 11 is 0. The second kappa shape index (κ2) is 6.11. The van der Waals surface area contributed by atoms with Crippen molar-refractivity contribution in [1.82, 2.24) is 4.90 Å². The summed E-state index contributed by atoms with van der Waals surface area (Å²) in [5.41, 5.74) is 1.41. The predicted octanol–water partition coefficient (Wildman–Crippen LogP) is 3.98. The van der Waals surface area contributed by atoms with Crippen molar-refractivity contribution < 1.29 is 18.3 Å². The number of ether oxygens (including phenoxy) is 2. The number of benzene rings is 1. The van der Waals surface area contributed by atoms with Gasteiger partial charge in [-0.2, -0.15) is 8.78 Å². The van der Waals surface area contributed by atoms with Crippen LogP contribution in [0.2, 0.25) is 0 Å². The Morgan fingerprint density at radius 3 is 2.57 bits per heavy atom. The van der Waals surface area contributed by atoms with Crippen LogP contribution < -0.4 is 9.47 Å². The summed E-state index contributed by atoms with van der Waals surface area (Å²) in [6, 6.07) is 6.12. The standard InChI is InChI=1S/C18H23F2NO2/c1-21-9-8-18(7-6-12(17(19)20)10-16(18)21)13-4-5-14(22-2)15(11-13)23-3/h4-5,11,16H,6-10H2,1-3H3/t16-,18-/m0/s1. The normalized spacial score (nSPS) is 27.7. The Bertz CT molecular complexity index is 627. The highest BCUT2D eigenvalue weighted by atomic mass is 19.3. The van der Waals surface area contributed by atoms with Crippen LogP contribution in [0.1, 0.15) is 31.2 Å². The zero-order valence-corrected chi connectivity index (χ0v) is 13.9. The molecule has 1 aliphatic heterocycles. The number of fused-ring (bicyclic) bond motifs is 1. The molecule has 2 aliphatic rings. The quantitative estimate of drug-likeness (QED) is 0.840. The van der Waals surface area contributed by atoms with Gasteiger partial charge in [0.15, 0.2) is 11.5 Å². The van der Waals surface area contributed by atoms with E-state index in [-0.39, 0.29) is 11.5 Å². The average molecular weight is 323 g/mol. The number of likely N-dealkylation sites (N-methyl/N-ethyl adjacent to an activating group) is 1. The fourth-order valence-corrected chi connectivity index (χ4v) is 4.27. The second-order valence-electron chi connectivity index (χ2n) is 6.54. The Hall–Kier alpha value is -1.62. The Kier molecular flexibility index (Phi) is 4.32. The molecule has 0 amide bonds. The van der Waals surface area contributed by atoms with Crippen LogP contribution in [0.4, 0.5) is 8.78 Å². The lowest BCUT2D eigenvalue weighted by Gasteiger charge is -2.42. The zero-order chi connectivity index (χ0) is 16.6. The maximum absolute atomic E-state index is 13.1. The van der Waals surface area contributed by atoms with E-state index in [2.05, 4.69) is 11.0 Å². The van der Waals surface area contributed by atoms with Crippen molar-refractivity contribution in [2.24, 2.45) is 0 Å². The third-order valence-electron chi connectivity index (χ3n) is 5.62. The molecule has 0 N–H and O–H groups in total. The first-order valence-electron chi connectivity index (χ1n) is 7.97. The third-order valence-corrected chi connectivity index (χ3v) is 5.62. The van der Waals surface area contributed by atoms with Crippen LogP contribution in [-0.4, -0.2) is 38.8 Å². The minimum atomic E-state index is -1.49. The van der Waals surface area contributed by atoms with E-state index in [1.54, 1.807) is 14.2 Å². The van der Waals surface area contributed by atoms with Crippen molar-refractivity contribution in [2.75, 3.05) is 27.8 Å². The third kappa shape index (κ3) is 2.61. The van der Waals surface area contributed by atoms with Crippen molar-refractivity contribution in [3.8, 4) is 11.5 Å². The van der Waals surface area contributed by atoms with Gasteiger partial charge in [-0.25, -0.2) is 0 Å². The molecule has 1 aromatic carbocycles. The minimum Gasteiger partial charge on any atom is -0.493 e. The lowest BCUT2D eigenvalue weighted by molar-refractivity contribution is 0.202. The molecule has 2 atom stereocenters. The van der Waals surface area contributed by atoms with Gasteiger partial charge in [0, 0.05) is 11.5 Å². The molecule has 3 rings (SSSR count). The van der Waals surface area contributed by atoms with Gasteiger partial charge in [-0.05, 0) is 62.5 Å². The molecule has 0 unspecified atom stereocenters. The number of halogens is 2. The molecule has 1 saturated carbocycles. The maximum atomic E-state index is 13.1. The molecule has 126 valence electrons. The van der Waals surface area contributed by atoms with E-state index >= 15 is 0 Å². The van der Waals surface area contributed by atoms with E-state index in [9.17, 15) is 8.78 Å². The monoisotopic (exact) mass is 323 g/mol. The molecule has 0 spiro atoms. The molecular formula is C18H23F2NO2. The van der Waals surface area contributed by atoms with E-state index < -0.39 is 6.08 Å². The van der Waals surface area contributed by atoms with Crippen LogP contribution >= 0.6 is 0 Å². The van der Waals surface area contributed by atoms with Crippen LogP contribution in [0, 0.1) is 0 Å². The van der Waals surface area contributed by atoms with Gasteiger partial charge in [0.1, 0.15) is 0 Å².